The number of carboxylic acid groups (broad SMARTS) is 1. The van der Waals surface area contributed by atoms with E-state index in [9.17, 15) is 9.59 Å². The first-order valence-corrected chi connectivity index (χ1v) is 11.0. The Morgan fingerprint density at radius 3 is 1.47 bits per heavy atom. The van der Waals surface area contributed by atoms with Crippen LogP contribution in [0.4, 0.5) is 0 Å². The summed E-state index contributed by atoms with van der Waals surface area (Å²) in [5, 5.41) is 8.71. The average Bonchev–Trinajstić information content (AvgIpc) is 2.83. The molecule has 0 fully saturated rings. The van der Waals surface area contributed by atoms with Gasteiger partial charge in [0.15, 0.2) is 5.60 Å². The lowest BCUT2D eigenvalue weighted by atomic mass is 9.80. The van der Waals surface area contributed by atoms with Crippen molar-refractivity contribution in [3.63, 3.8) is 0 Å². The van der Waals surface area contributed by atoms with E-state index >= 15 is 0 Å². The van der Waals surface area contributed by atoms with Gasteiger partial charge in [0.2, 0.25) is 5.91 Å². The monoisotopic (exact) mass is 431 g/mol. The maximum Gasteiger partial charge on any atom is 0.303 e. The molecule has 0 aromatic heterocycles. The molecule has 3 rings (SSSR count). The highest BCUT2D eigenvalue weighted by Gasteiger charge is 2.38. The number of nitrogens with one attached hydrogen (secondary N) is 1. The van der Waals surface area contributed by atoms with Crippen molar-refractivity contribution in [2.75, 3.05) is 0 Å². The second kappa shape index (κ2) is 11.8. The molecule has 0 spiro atoms. The molecule has 0 atom stereocenters. The fourth-order valence-corrected chi connectivity index (χ4v) is 3.80. The van der Waals surface area contributed by atoms with Crippen molar-refractivity contribution >= 4 is 11.9 Å². The van der Waals surface area contributed by atoms with Crippen molar-refractivity contribution in [3.8, 4) is 0 Å². The quantitative estimate of drug-likeness (QED) is 0.227. The van der Waals surface area contributed by atoms with Crippen molar-refractivity contribution in [3.05, 3.63) is 108 Å². The van der Waals surface area contributed by atoms with E-state index < -0.39 is 11.6 Å². The highest BCUT2D eigenvalue weighted by Crippen LogP contribution is 2.39. The Kier molecular flexibility index (Phi) is 8.58. The number of aliphatic carboxylic acids is 1. The zero-order valence-corrected chi connectivity index (χ0v) is 18.1. The molecule has 32 heavy (non-hydrogen) atoms. The summed E-state index contributed by atoms with van der Waals surface area (Å²) >= 11 is 0. The van der Waals surface area contributed by atoms with E-state index in [4.69, 9.17) is 9.94 Å². The third-order valence-electron chi connectivity index (χ3n) is 5.40. The Morgan fingerprint density at radius 1 is 0.656 bits per heavy atom. The van der Waals surface area contributed by atoms with Gasteiger partial charge in [-0.05, 0) is 29.5 Å². The van der Waals surface area contributed by atoms with Crippen LogP contribution in [0, 0.1) is 0 Å². The van der Waals surface area contributed by atoms with Crippen LogP contribution in [0.3, 0.4) is 0 Å². The molecular weight excluding hydrogens is 402 g/mol. The molecule has 0 aliphatic rings. The Balaban J connectivity index is 1.78. The third-order valence-corrected chi connectivity index (χ3v) is 5.40. The van der Waals surface area contributed by atoms with Gasteiger partial charge in [-0.2, -0.15) is 0 Å². The Morgan fingerprint density at radius 2 is 1.06 bits per heavy atom. The number of benzene rings is 3. The number of amides is 1. The van der Waals surface area contributed by atoms with Gasteiger partial charge in [-0.3, -0.25) is 14.4 Å². The van der Waals surface area contributed by atoms with Crippen LogP contribution in [0.25, 0.3) is 0 Å². The average molecular weight is 432 g/mol. The van der Waals surface area contributed by atoms with Gasteiger partial charge in [0, 0.05) is 12.8 Å². The summed E-state index contributed by atoms with van der Waals surface area (Å²) in [5.74, 6) is -0.981. The molecule has 3 aromatic rings. The summed E-state index contributed by atoms with van der Waals surface area (Å²) in [4.78, 5) is 29.5. The van der Waals surface area contributed by atoms with Crippen LogP contribution in [0.2, 0.25) is 0 Å². The molecule has 3 aromatic carbocycles. The maximum atomic E-state index is 12.6. The van der Waals surface area contributed by atoms with E-state index in [1.54, 1.807) is 0 Å². The zero-order valence-electron chi connectivity index (χ0n) is 18.1. The van der Waals surface area contributed by atoms with Crippen LogP contribution in [-0.2, 0) is 20.0 Å². The molecular formula is C27H29NO4. The standard InChI is InChI=1S/C27H29NO4/c29-25(20-12-1-2-13-21-26(30)31)28-32-27(22-14-6-3-7-15-22,23-16-8-4-9-17-23)24-18-10-5-11-19-24/h3-11,14-19H,1-2,12-13,20-21H2,(H,28,29)(H,30,31). The normalized spacial score (nSPS) is 11.1. The first-order chi connectivity index (χ1) is 15.6. The minimum atomic E-state index is -0.999. The molecule has 0 unspecified atom stereocenters. The number of carbonyl (C=O) groups is 2. The van der Waals surface area contributed by atoms with Crippen LogP contribution < -0.4 is 5.48 Å². The minimum absolute atomic E-state index is 0.170. The molecule has 5 heteroatoms. The molecule has 0 bridgehead atoms. The van der Waals surface area contributed by atoms with Crippen molar-refractivity contribution in [2.24, 2.45) is 0 Å². The summed E-state index contributed by atoms with van der Waals surface area (Å²) in [6.07, 6.45) is 3.41. The Bertz CT molecular complexity index is 878. The second-order valence-corrected chi connectivity index (χ2v) is 7.71. The SMILES string of the molecule is O=C(O)CCCCCCC(=O)NOC(c1ccccc1)(c1ccccc1)c1ccccc1. The molecule has 5 nitrogen and oxygen atoms in total. The Labute approximate surface area is 189 Å². The largest absolute Gasteiger partial charge is 0.481 e. The molecule has 2 N–H and O–H groups in total. The first kappa shape index (κ1) is 23.2. The lowest BCUT2D eigenvalue weighted by molar-refractivity contribution is -0.143. The molecule has 0 heterocycles. The van der Waals surface area contributed by atoms with E-state index in [-0.39, 0.29) is 12.3 Å². The second-order valence-electron chi connectivity index (χ2n) is 7.71. The number of carbonyl (C=O) groups excluding carboxylic acids is 1. The number of unbranched alkanes of at least 4 members (excludes halogenated alkanes) is 3. The summed E-state index contributed by atoms with van der Waals surface area (Å²) in [6.45, 7) is 0. The zero-order chi connectivity index (χ0) is 22.7. The summed E-state index contributed by atoms with van der Waals surface area (Å²) < 4.78 is 0. The number of hydroxylamine groups is 1. The van der Waals surface area contributed by atoms with Gasteiger partial charge in [0.1, 0.15) is 0 Å². The topological polar surface area (TPSA) is 75.6 Å². The third kappa shape index (κ3) is 6.05. The molecule has 0 aliphatic heterocycles. The molecule has 1 amide bonds. The predicted molar refractivity (Wildman–Crippen MR) is 124 cm³/mol. The van der Waals surface area contributed by atoms with E-state index in [0.29, 0.717) is 19.3 Å². The van der Waals surface area contributed by atoms with E-state index in [0.717, 1.165) is 29.5 Å². The highest BCUT2D eigenvalue weighted by molar-refractivity contribution is 5.74. The smallest absolute Gasteiger partial charge is 0.303 e. The summed E-state index contributed by atoms with van der Waals surface area (Å²) in [5.41, 5.74) is 4.42. The van der Waals surface area contributed by atoms with E-state index in [2.05, 4.69) is 5.48 Å². The number of hydrogen-bond acceptors (Lipinski definition) is 3. The van der Waals surface area contributed by atoms with Crippen LogP contribution in [0.1, 0.15) is 55.2 Å². The number of hydrogen-bond donors (Lipinski definition) is 2. The Hall–Kier alpha value is -3.44. The van der Waals surface area contributed by atoms with Crippen LogP contribution in [-0.4, -0.2) is 17.0 Å². The van der Waals surface area contributed by atoms with E-state index in [1.165, 1.54) is 0 Å². The molecule has 0 saturated heterocycles. The predicted octanol–water partition coefficient (Wildman–Crippen LogP) is 5.45. The van der Waals surface area contributed by atoms with Gasteiger partial charge < -0.3 is 5.11 Å². The summed E-state index contributed by atoms with van der Waals surface area (Å²) in [7, 11) is 0. The number of rotatable bonds is 12. The van der Waals surface area contributed by atoms with Crippen molar-refractivity contribution in [1.82, 2.24) is 5.48 Å². The molecule has 0 aliphatic carbocycles. The highest BCUT2D eigenvalue weighted by atomic mass is 16.7. The van der Waals surface area contributed by atoms with Gasteiger partial charge >= 0.3 is 5.97 Å². The first-order valence-electron chi connectivity index (χ1n) is 11.0. The van der Waals surface area contributed by atoms with E-state index in [1.807, 2.05) is 91.0 Å². The lowest BCUT2D eigenvalue weighted by Crippen LogP contribution is -2.40. The molecule has 166 valence electrons. The van der Waals surface area contributed by atoms with Gasteiger partial charge in [0.05, 0.1) is 0 Å². The molecule has 0 radical (unpaired) electrons. The maximum absolute atomic E-state index is 12.6. The van der Waals surface area contributed by atoms with Crippen molar-refractivity contribution in [1.29, 1.82) is 0 Å². The molecule has 0 saturated carbocycles. The minimum Gasteiger partial charge on any atom is -0.481 e. The lowest BCUT2D eigenvalue weighted by Gasteiger charge is -2.35. The van der Waals surface area contributed by atoms with Crippen LogP contribution in [0.5, 0.6) is 0 Å². The van der Waals surface area contributed by atoms with Crippen molar-refractivity contribution < 1.29 is 19.5 Å². The van der Waals surface area contributed by atoms with Gasteiger partial charge in [-0.25, -0.2) is 5.48 Å². The summed E-state index contributed by atoms with van der Waals surface area (Å²) in [6, 6.07) is 29.6. The van der Waals surface area contributed by atoms with Gasteiger partial charge in [0.25, 0.3) is 0 Å². The van der Waals surface area contributed by atoms with Crippen LogP contribution >= 0.6 is 0 Å². The van der Waals surface area contributed by atoms with Crippen LogP contribution in [0.15, 0.2) is 91.0 Å². The fraction of sp³-hybridized carbons (Fsp3) is 0.259. The van der Waals surface area contributed by atoms with Gasteiger partial charge in [-0.1, -0.05) is 104 Å². The van der Waals surface area contributed by atoms with Crippen molar-refractivity contribution in [2.45, 2.75) is 44.1 Å². The number of carboxylic acids is 1. The van der Waals surface area contributed by atoms with Gasteiger partial charge in [-0.15, -0.1) is 0 Å². The fourth-order valence-electron chi connectivity index (χ4n) is 3.80.